The van der Waals surface area contributed by atoms with Gasteiger partial charge in [-0.05, 0) is 38.2 Å². The van der Waals surface area contributed by atoms with Crippen LogP contribution >= 0.6 is 0 Å². The summed E-state index contributed by atoms with van der Waals surface area (Å²) in [6.07, 6.45) is 0.630. The number of carbonyl (C=O) groups excluding carboxylic acids is 1. The van der Waals surface area contributed by atoms with Crippen LogP contribution < -0.4 is 14.2 Å². The molecule has 2 aromatic carbocycles. The second-order valence-corrected chi connectivity index (χ2v) is 6.76. The van der Waals surface area contributed by atoms with E-state index in [4.69, 9.17) is 18.9 Å². The highest BCUT2D eigenvalue weighted by molar-refractivity contribution is 5.91. The predicted molar refractivity (Wildman–Crippen MR) is 108 cm³/mol. The molecule has 0 amide bonds. The highest BCUT2D eigenvalue weighted by Crippen LogP contribution is 2.39. The van der Waals surface area contributed by atoms with Crippen LogP contribution in [-0.4, -0.2) is 52.8 Å². The second-order valence-electron chi connectivity index (χ2n) is 6.76. The van der Waals surface area contributed by atoms with E-state index in [9.17, 15) is 4.79 Å². The number of hydrogen-bond donors (Lipinski definition) is 0. The van der Waals surface area contributed by atoms with Crippen LogP contribution in [0.15, 0.2) is 42.5 Å². The molecule has 2 rings (SSSR count). The molecule has 28 heavy (non-hydrogen) atoms. The quantitative estimate of drug-likeness (QED) is 0.611. The van der Waals surface area contributed by atoms with Gasteiger partial charge in [-0.15, -0.1) is 0 Å². The molecular weight excluding hydrogens is 358 g/mol. The lowest BCUT2D eigenvalue weighted by Gasteiger charge is -2.35. The van der Waals surface area contributed by atoms with E-state index in [-0.39, 0.29) is 0 Å². The molecule has 0 saturated heterocycles. The van der Waals surface area contributed by atoms with Crippen molar-refractivity contribution in [3.63, 3.8) is 0 Å². The van der Waals surface area contributed by atoms with Crippen molar-refractivity contribution >= 4 is 5.97 Å². The Labute approximate surface area is 167 Å². The number of carbonyl (C=O) groups is 1. The van der Waals surface area contributed by atoms with Crippen LogP contribution in [0.5, 0.6) is 17.2 Å². The molecule has 0 aromatic heterocycles. The molecule has 0 radical (unpaired) electrons. The van der Waals surface area contributed by atoms with Crippen LogP contribution in [0.4, 0.5) is 0 Å². The SMILES string of the molecule is CC[C@@](CN(C)C)(OC(=O)c1cc(OC)c(OC)c(OC)c1)c1ccccc1. The Morgan fingerprint density at radius 1 is 0.964 bits per heavy atom. The first-order chi connectivity index (χ1) is 13.4. The first-order valence-electron chi connectivity index (χ1n) is 9.14. The standard InChI is InChI=1S/C22H29NO5/c1-7-22(15-23(2)3,17-11-9-8-10-12-17)28-21(24)16-13-18(25-4)20(27-6)19(14-16)26-5/h8-14H,7,15H2,1-6H3/t22-/m0/s1. The van der Waals surface area contributed by atoms with Crippen molar-refractivity contribution in [1.82, 2.24) is 4.90 Å². The average molecular weight is 387 g/mol. The Bertz CT molecular complexity index is 766. The van der Waals surface area contributed by atoms with Crippen LogP contribution in [-0.2, 0) is 10.3 Å². The molecule has 0 aliphatic carbocycles. The lowest BCUT2D eigenvalue weighted by molar-refractivity contribution is -0.0359. The molecule has 6 nitrogen and oxygen atoms in total. The third kappa shape index (κ3) is 4.57. The van der Waals surface area contributed by atoms with Gasteiger partial charge >= 0.3 is 5.97 Å². The van der Waals surface area contributed by atoms with Gasteiger partial charge in [-0.1, -0.05) is 37.3 Å². The van der Waals surface area contributed by atoms with Crippen molar-refractivity contribution in [2.75, 3.05) is 42.0 Å². The maximum atomic E-state index is 13.1. The topological polar surface area (TPSA) is 57.2 Å². The van der Waals surface area contributed by atoms with E-state index in [1.165, 1.54) is 21.3 Å². The molecule has 0 aliphatic heterocycles. The number of methoxy groups -OCH3 is 3. The van der Waals surface area contributed by atoms with Gasteiger partial charge in [0.15, 0.2) is 11.5 Å². The average Bonchev–Trinajstić information content (AvgIpc) is 2.72. The predicted octanol–water partition coefficient (Wildman–Crippen LogP) is 3.74. The summed E-state index contributed by atoms with van der Waals surface area (Å²) >= 11 is 0. The minimum atomic E-state index is -0.776. The minimum absolute atomic E-state index is 0.335. The van der Waals surface area contributed by atoms with Gasteiger partial charge in [0, 0.05) is 6.54 Å². The molecule has 0 heterocycles. The number of nitrogens with zero attached hydrogens (tertiary/aromatic N) is 1. The molecule has 0 unspecified atom stereocenters. The number of esters is 1. The fourth-order valence-electron chi connectivity index (χ4n) is 3.26. The molecule has 152 valence electrons. The molecule has 0 N–H and O–H groups in total. The lowest BCUT2D eigenvalue weighted by Crippen LogP contribution is -2.41. The second kappa shape index (κ2) is 9.46. The van der Waals surface area contributed by atoms with Gasteiger partial charge in [0.2, 0.25) is 5.75 Å². The zero-order valence-electron chi connectivity index (χ0n) is 17.4. The van der Waals surface area contributed by atoms with Crippen LogP contribution in [0.25, 0.3) is 0 Å². The van der Waals surface area contributed by atoms with Crippen LogP contribution in [0, 0.1) is 0 Å². The summed E-state index contributed by atoms with van der Waals surface area (Å²) in [4.78, 5) is 15.1. The summed E-state index contributed by atoms with van der Waals surface area (Å²) in [6.45, 7) is 2.57. The first-order valence-corrected chi connectivity index (χ1v) is 9.14. The smallest absolute Gasteiger partial charge is 0.339 e. The molecule has 0 fully saturated rings. The van der Waals surface area contributed by atoms with Gasteiger partial charge in [-0.2, -0.15) is 0 Å². The third-order valence-corrected chi connectivity index (χ3v) is 4.63. The van der Waals surface area contributed by atoms with E-state index in [0.717, 1.165) is 5.56 Å². The van der Waals surface area contributed by atoms with Crippen molar-refractivity contribution in [1.29, 1.82) is 0 Å². The van der Waals surface area contributed by atoms with Crippen molar-refractivity contribution in [3.8, 4) is 17.2 Å². The Morgan fingerprint density at radius 2 is 1.54 bits per heavy atom. The third-order valence-electron chi connectivity index (χ3n) is 4.63. The van der Waals surface area contributed by atoms with E-state index in [1.807, 2.05) is 56.3 Å². The van der Waals surface area contributed by atoms with Gasteiger partial charge in [-0.25, -0.2) is 4.79 Å². The number of ether oxygens (including phenoxy) is 4. The lowest BCUT2D eigenvalue weighted by atomic mass is 9.90. The fourth-order valence-corrected chi connectivity index (χ4v) is 3.26. The Morgan fingerprint density at radius 3 is 1.96 bits per heavy atom. The summed E-state index contributed by atoms with van der Waals surface area (Å²) < 4.78 is 22.1. The minimum Gasteiger partial charge on any atom is -0.493 e. The number of hydrogen-bond acceptors (Lipinski definition) is 6. The molecule has 2 aromatic rings. The van der Waals surface area contributed by atoms with Crippen molar-refractivity contribution in [2.24, 2.45) is 0 Å². The highest BCUT2D eigenvalue weighted by atomic mass is 16.6. The summed E-state index contributed by atoms with van der Waals surface area (Å²) in [7, 11) is 8.46. The summed E-state index contributed by atoms with van der Waals surface area (Å²) in [5.41, 5.74) is 0.511. The maximum Gasteiger partial charge on any atom is 0.339 e. The van der Waals surface area contributed by atoms with Gasteiger partial charge < -0.3 is 23.8 Å². The van der Waals surface area contributed by atoms with E-state index in [2.05, 4.69) is 0 Å². The van der Waals surface area contributed by atoms with E-state index >= 15 is 0 Å². The fraction of sp³-hybridized carbons (Fsp3) is 0.409. The van der Waals surface area contributed by atoms with Gasteiger partial charge in [-0.3, -0.25) is 0 Å². The van der Waals surface area contributed by atoms with E-state index < -0.39 is 11.6 Å². The monoisotopic (exact) mass is 387 g/mol. The van der Waals surface area contributed by atoms with Crippen molar-refractivity contribution in [2.45, 2.75) is 18.9 Å². The number of rotatable bonds is 9. The maximum absolute atomic E-state index is 13.1. The summed E-state index contributed by atoms with van der Waals surface area (Å²) in [5, 5.41) is 0. The van der Waals surface area contributed by atoms with Gasteiger partial charge in [0.25, 0.3) is 0 Å². The largest absolute Gasteiger partial charge is 0.493 e. The van der Waals surface area contributed by atoms with Crippen molar-refractivity contribution in [3.05, 3.63) is 53.6 Å². The molecule has 0 aliphatic rings. The molecule has 1 atom stereocenters. The highest BCUT2D eigenvalue weighted by Gasteiger charge is 2.36. The van der Waals surface area contributed by atoms with Crippen molar-refractivity contribution < 1.29 is 23.7 Å². The Kier molecular flexibility index (Phi) is 7.29. The first kappa shape index (κ1) is 21.6. The van der Waals surface area contributed by atoms with Gasteiger partial charge in [0.05, 0.1) is 26.9 Å². The van der Waals surface area contributed by atoms with Gasteiger partial charge in [0.1, 0.15) is 5.60 Å². The molecule has 0 spiro atoms. The zero-order valence-corrected chi connectivity index (χ0v) is 17.4. The Balaban J connectivity index is 2.46. The van der Waals surface area contributed by atoms with Crippen LogP contribution in [0.3, 0.4) is 0 Å². The number of benzene rings is 2. The number of likely N-dealkylation sites (N-methyl/N-ethyl adjacent to an activating group) is 1. The molecule has 0 bridgehead atoms. The normalized spacial score (nSPS) is 13.0. The Hall–Kier alpha value is -2.73. The zero-order chi connectivity index (χ0) is 20.7. The molecule has 0 saturated carbocycles. The van der Waals surface area contributed by atoms with E-state index in [0.29, 0.717) is 35.8 Å². The summed E-state index contributed by atoms with van der Waals surface area (Å²) in [5.74, 6) is 0.790. The van der Waals surface area contributed by atoms with E-state index in [1.54, 1.807) is 12.1 Å². The summed E-state index contributed by atoms with van der Waals surface area (Å²) in [6, 6.07) is 13.0. The molecular formula is C22H29NO5. The van der Waals surface area contributed by atoms with Crippen LogP contribution in [0.2, 0.25) is 0 Å². The molecule has 6 heteroatoms. The van der Waals surface area contributed by atoms with Crippen LogP contribution in [0.1, 0.15) is 29.3 Å².